The normalized spacial score (nSPS) is 11.4. The molecule has 114 valence electrons. The van der Waals surface area contributed by atoms with Crippen molar-refractivity contribution in [1.29, 1.82) is 0 Å². The van der Waals surface area contributed by atoms with Gasteiger partial charge in [-0.3, -0.25) is 0 Å². The highest BCUT2D eigenvalue weighted by Crippen LogP contribution is 2.29. The van der Waals surface area contributed by atoms with Crippen molar-refractivity contribution in [1.82, 2.24) is 10.3 Å². The molecule has 0 saturated heterocycles. The Hall–Kier alpha value is -1.68. The highest BCUT2D eigenvalue weighted by Gasteiger charge is 2.10. The van der Waals surface area contributed by atoms with Crippen LogP contribution in [0.5, 0.6) is 0 Å². The van der Waals surface area contributed by atoms with E-state index >= 15 is 0 Å². The van der Waals surface area contributed by atoms with Gasteiger partial charge in [-0.1, -0.05) is 25.4 Å². The van der Waals surface area contributed by atoms with Gasteiger partial charge in [-0.15, -0.1) is 0 Å². The van der Waals surface area contributed by atoms with Gasteiger partial charge in [0.1, 0.15) is 0 Å². The molecule has 0 fully saturated rings. The van der Waals surface area contributed by atoms with Crippen LogP contribution in [0.3, 0.4) is 0 Å². The number of fused-ring (bicyclic) bond motifs is 1. The maximum atomic E-state index is 11.5. The zero-order chi connectivity index (χ0) is 15.6. The van der Waals surface area contributed by atoms with Crippen LogP contribution in [0, 0.1) is 0 Å². The number of carbonyl (C=O) groups excluding carboxylic acids is 1. The van der Waals surface area contributed by atoms with E-state index < -0.39 is 6.09 Å². The monoisotopic (exact) mass is 308 g/mol. The zero-order valence-corrected chi connectivity index (χ0v) is 13.5. The van der Waals surface area contributed by atoms with Gasteiger partial charge < -0.3 is 15.0 Å². The molecule has 0 aliphatic heterocycles. The summed E-state index contributed by atoms with van der Waals surface area (Å²) in [5, 5.41) is 4.53. The lowest BCUT2D eigenvalue weighted by atomic mass is 10.0. The highest BCUT2D eigenvalue weighted by molar-refractivity contribution is 6.32. The van der Waals surface area contributed by atoms with Crippen LogP contribution in [-0.4, -0.2) is 17.2 Å². The van der Waals surface area contributed by atoms with E-state index in [4.69, 9.17) is 16.3 Å². The lowest BCUT2D eigenvalue weighted by Gasteiger charge is -2.08. The predicted octanol–water partition coefficient (Wildman–Crippen LogP) is 4.58. The fourth-order valence-electron chi connectivity index (χ4n) is 2.19. The number of hydrogen-bond acceptors (Lipinski definition) is 2. The van der Waals surface area contributed by atoms with Crippen LogP contribution in [-0.2, 0) is 11.3 Å². The number of H-pyrrole nitrogens is 1. The molecule has 0 atom stereocenters. The molecule has 5 heteroatoms. The van der Waals surface area contributed by atoms with Gasteiger partial charge in [-0.25, -0.2) is 4.79 Å². The third kappa shape index (κ3) is 3.91. The number of rotatable bonds is 4. The summed E-state index contributed by atoms with van der Waals surface area (Å²) >= 11 is 6.29. The van der Waals surface area contributed by atoms with Crippen LogP contribution in [0.2, 0.25) is 5.02 Å². The van der Waals surface area contributed by atoms with E-state index in [0.29, 0.717) is 12.5 Å². The van der Waals surface area contributed by atoms with Crippen LogP contribution in [0.4, 0.5) is 4.79 Å². The van der Waals surface area contributed by atoms with Crippen molar-refractivity contribution < 1.29 is 9.53 Å². The average molecular weight is 309 g/mol. The van der Waals surface area contributed by atoms with E-state index in [2.05, 4.69) is 30.2 Å². The Labute approximate surface area is 129 Å². The fraction of sp³-hybridized carbons (Fsp3) is 0.438. The maximum absolute atomic E-state index is 11.5. The molecule has 2 aromatic rings. The van der Waals surface area contributed by atoms with Gasteiger partial charge in [0.15, 0.2) is 0 Å². The molecule has 1 heterocycles. The zero-order valence-electron chi connectivity index (χ0n) is 12.8. The number of hydrogen-bond donors (Lipinski definition) is 2. The Morgan fingerprint density at radius 2 is 2.00 bits per heavy atom. The number of nitrogens with one attached hydrogen (secondary N) is 2. The van der Waals surface area contributed by atoms with Crippen molar-refractivity contribution >= 4 is 28.6 Å². The van der Waals surface area contributed by atoms with Crippen molar-refractivity contribution in [3.63, 3.8) is 0 Å². The summed E-state index contributed by atoms with van der Waals surface area (Å²) in [6.07, 6.45) is -0.537. The quantitative estimate of drug-likeness (QED) is 0.868. The Bertz CT molecular complexity index is 647. The predicted molar refractivity (Wildman–Crippen MR) is 85.9 cm³/mol. The van der Waals surface area contributed by atoms with Gasteiger partial charge in [0.25, 0.3) is 0 Å². The SMILES string of the molecule is CC(C)OC(=O)NCc1cc2cc(Cl)c(C(C)C)cc2[nH]1. The Morgan fingerprint density at radius 3 is 2.62 bits per heavy atom. The lowest BCUT2D eigenvalue weighted by Crippen LogP contribution is -2.26. The maximum Gasteiger partial charge on any atom is 0.407 e. The van der Waals surface area contributed by atoms with Crippen molar-refractivity contribution in [3.05, 3.63) is 34.5 Å². The van der Waals surface area contributed by atoms with Gasteiger partial charge in [0, 0.05) is 21.6 Å². The minimum Gasteiger partial charge on any atom is -0.447 e. The molecule has 0 saturated carbocycles. The van der Waals surface area contributed by atoms with Crippen LogP contribution < -0.4 is 5.32 Å². The number of benzene rings is 1. The smallest absolute Gasteiger partial charge is 0.407 e. The molecule has 0 aliphatic rings. The van der Waals surface area contributed by atoms with Crippen molar-refractivity contribution in [2.45, 2.75) is 46.3 Å². The van der Waals surface area contributed by atoms with Crippen molar-refractivity contribution in [2.75, 3.05) is 0 Å². The summed E-state index contributed by atoms with van der Waals surface area (Å²) in [5.74, 6) is 0.368. The van der Waals surface area contributed by atoms with E-state index in [0.717, 1.165) is 27.2 Å². The summed E-state index contributed by atoms with van der Waals surface area (Å²) in [6, 6.07) is 6.01. The lowest BCUT2D eigenvalue weighted by molar-refractivity contribution is 0.115. The van der Waals surface area contributed by atoms with Gasteiger partial charge in [0.05, 0.1) is 12.6 Å². The van der Waals surface area contributed by atoms with Crippen LogP contribution in [0.15, 0.2) is 18.2 Å². The first-order valence-electron chi connectivity index (χ1n) is 7.12. The summed E-state index contributed by atoms with van der Waals surface area (Å²) in [7, 11) is 0. The number of aromatic amines is 1. The van der Waals surface area contributed by atoms with E-state index in [1.165, 1.54) is 0 Å². The van der Waals surface area contributed by atoms with E-state index in [1.807, 2.05) is 26.0 Å². The van der Waals surface area contributed by atoms with E-state index in [1.54, 1.807) is 0 Å². The Kier molecular flexibility index (Phi) is 4.78. The number of ether oxygens (including phenoxy) is 1. The summed E-state index contributed by atoms with van der Waals surface area (Å²) in [4.78, 5) is 14.8. The molecule has 21 heavy (non-hydrogen) atoms. The molecule has 1 aromatic carbocycles. The number of aromatic nitrogens is 1. The number of halogens is 1. The van der Waals surface area contributed by atoms with E-state index in [9.17, 15) is 4.79 Å². The molecule has 0 radical (unpaired) electrons. The average Bonchev–Trinajstić information content (AvgIpc) is 2.76. The van der Waals surface area contributed by atoms with Gasteiger partial charge in [0.2, 0.25) is 0 Å². The van der Waals surface area contributed by atoms with Gasteiger partial charge in [-0.2, -0.15) is 0 Å². The van der Waals surface area contributed by atoms with Gasteiger partial charge in [-0.05, 0) is 43.5 Å². The standard InChI is InChI=1S/C16H21ClN2O2/c1-9(2)13-7-15-11(6-14(13)17)5-12(19-15)8-18-16(20)21-10(3)4/h5-7,9-10,19H,8H2,1-4H3,(H,18,20). The molecule has 0 unspecified atom stereocenters. The molecule has 0 bridgehead atoms. The Balaban J connectivity index is 2.14. The molecular weight excluding hydrogens is 288 g/mol. The number of amides is 1. The molecule has 0 aliphatic carbocycles. The fourth-order valence-corrected chi connectivity index (χ4v) is 2.58. The highest BCUT2D eigenvalue weighted by atomic mass is 35.5. The third-order valence-electron chi connectivity index (χ3n) is 3.18. The molecular formula is C16H21ClN2O2. The topological polar surface area (TPSA) is 54.1 Å². The largest absolute Gasteiger partial charge is 0.447 e. The number of carbonyl (C=O) groups is 1. The second-order valence-corrected chi connectivity index (χ2v) is 6.13. The summed E-state index contributed by atoms with van der Waals surface area (Å²) < 4.78 is 5.03. The third-order valence-corrected chi connectivity index (χ3v) is 3.51. The van der Waals surface area contributed by atoms with Crippen molar-refractivity contribution in [2.24, 2.45) is 0 Å². The van der Waals surface area contributed by atoms with Crippen LogP contribution in [0.25, 0.3) is 10.9 Å². The number of alkyl carbamates (subject to hydrolysis) is 1. The van der Waals surface area contributed by atoms with Crippen LogP contribution >= 0.6 is 11.6 Å². The minimum absolute atomic E-state index is 0.125. The molecule has 4 nitrogen and oxygen atoms in total. The second kappa shape index (κ2) is 6.39. The summed E-state index contributed by atoms with van der Waals surface area (Å²) in [5.41, 5.74) is 3.06. The minimum atomic E-state index is -0.412. The summed E-state index contributed by atoms with van der Waals surface area (Å²) in [6.45, 7) is 8.26. The first kappa shape index (κ1) is 15.7. The first-order valence-corrected chi connectivity index (χ1v) is 7.50. The van der Waals surface area contributed by atoms with Crippen molar-refractivity contribution in [3.8, 4) is 0 Å². The Morgan fingerprint density at radius 1 is 1.29 bits per heavy atom. The second-order valence-electron chi connectivity index (χ2n) is 5.72. The first-order chi connectivity index (χ1) is 9.86. The molecule has 0 spiro atoms. The molecule has 1 amide bonds. The van der Waals surface area contributed by atoms with Crippen LogP contribution in [0.1, 0.15) is 44.9 Å². The molecule has 2 rings (SSSR count). The van der Waals surface area contributed by atoms with E-state index in [-0.39, 0.29) is 6.10 Å². The van der Waals surface area contributed by atoms with Gasteiger partial charge >= 0.3 is 6.09 Å². The molecule has 1 aromatic heterocycles. The molecule has 2 N–H and O–H groups in total.